The number of aliphatic carboxylic acids is 2. The zero-order chi connectivity index (χ0) is 34.0. The molecule has 6 N–H and O–H groups in total. The fourth-order valence-electron chi connectivity index (χ4n) is 4.35. The van der Waals surface area contributed by atoms with Crippen molar-refractivity contribution in [2.75, 3.05) is 11.5 Å². The maximum absolute atomic E-state index is 13.3. The first-order valence-electron chi connectivity index (χ1n) is 13.5. The van der Waals surface area contributed by atoms with Crippen LogP contribution < -0.4 is 15.6 Å². The van der Waals surface area contributed by atoms with Crippen molar-refractivity contribution in [3.63, 3.8) is 0 Å². The molecule has 0 radical (unpaired) electrons. The number of pyridine rings is 1. The molecule has 0 spiro atoms. The largest absolute Gasteiger partial charge is 0.478 e. The summed E-state index contributed by atoms with van der Waals surface area (Å²) in [6.07, 6.45) is 6.95. The number of oxime groups is 1. The van der Waals surface area contributed by atoms with Gasteiger partial charge in [-0.05, 0) is 25.5 Å². The standard InChI is InChI=1S/C28H25N7O9S3/c1-28(2,26(42)43)44-33-18(15-11-47-27(29)31-15)21(36)32-19-22(37)35-20(25(40)41)14(10-46-23(19)35)9-34-7-5-13(6-8-34)3-4-17-30-16(12-45-17)24(38)39/h3-8,11-12,19,23H,9-10H2,1-2H3,(H5-,29,31,32,36,38,39,40,41,42,43)/p+1/b4-3+,33-18-/t19-,23-/m1/s1. The Balaban J connectivity index is 1.29. The number of thiazole rings is 2. The van der Waals surface area contributed by atoms with Gasteiger partial charge in [-0.25, -0.2) is 28.9 Å². The van der Waals surface area contributed by atoms with E-state index in [0.717, 1.165) is 21.8 Å². The minimum Gasteiger partial charge on any atom is -0.478 e. The number of fused-ring (bicyclic) bond motifs is 1. The van der Waals surface area contributed by atoms with Gasteiger partial charge >= 0.3 is 17.9 Å². The van der Waals surface area contributed by atoms with E-state index in [4.69, 9.17) is 15.7 Å². The third-order valence-electron chi connectivity index (χ3n) is 6.85. The molecule has 1 fully saturated rings. The molecule has 1 saturated heterocycles. The van der Waals surface area contributed by atoms with E-state index in [2.05, 4.69) is 20.4 Å². The van der Waals surface area contributed by atoms with Crippen molar-refractivity contribution < 1.29 is 48.7 Å². The van der Waals surface area contributed by atoms with Crippen LogP contribution in [0.25, 0.3) is 12.2 Å². The van der Waals surface area contributed by atoms with Gasteiger partial charge in [0.05, 0.1) is 0 Å². The summed E-state index contributed by atoms with van der Waals surface area (Å²) in [5.74, 6) is -5.00. The zero-order valence-electron chi connectivity index (χ0n) is 24.5. The smallest absolute Gasteiger partial charge is 0.355 e. The lowest BCUT2D eigenvalue weighted by Gasteiger charge is -2.49. The highest BCUT2D eigenvalue weighted by atomic mass is 32.2. The molecule has 3 aromatic heterocycles. The molecule has 0 bridgehead atoms. The molecule has 2 amide bonds. The number of β-lactam (4-membered cyclic amide) rings is 1. The monoisotopic (exact) mass is 700 g/mol. The number of nitrogens with zero attached hydrogens (tertiary/aromatic N) is 5. The molecule has 47 heavy (non-hydrogen) atoms. The lowest BCUT2D eigenvalue weighted by atomic mass is 10.0. The molecule has 19 heteroatoms. The van der Waals surface area contributed by atoms with Crippen LogP contribution in [0.3, 0.4) is 0 Å². The van der Waals surface area contributed by atoms with E-state index in [0.29, 0.717) is 10.6 Å². The van der Waals surface area contributed by atoms with Gasteiger partial charge in [0.25, 0.3) is 11.8 Å². The lowest BCUT2D eigenvalue weighted by Crippen LogP contribution is -2.71. The number of rotatable bonds is 12. The van der Waals surface area contributed by atoms with Crippen molar-refractivity contribution in [2.24, 2.45) is 5.16 Å². The van der Waals surface area contributed by atoms with E-state index in [-0.39, 0.29) is 34.5 Å². The molecule has 2 aliphatic heterocycles. The predicted molar refractivity (Wildman–Crippen MR) is 170 cm³/mol. The Hall–Kier alpha value is -5.14. The number of amides is 2. The molecule has 244 valence electrons. The van der Waals surface area contributed by atoms with Crippen LogP contribution in [0.2, 0.25) is 0 Å². The Morgan fingerprint density at radius 1 is 1.11 bits per heavy atom. The van der Waals surface area contributed by atoms with Gasteiger partial charge in [-0.2, -0.15) is 0 Å². The number of nitrogen functional groups attached to an aromatic ring is 1. The van der Waals surface area contributed by atoms with Crippen LogP contribution in [-0.4, -0.2) is 88.4 Å². The molecule has 0 aromatic carbocycles. The highest BCUT2D eigenvalue weighted by Crippen LogP contribution is 2.40. The number of hydrogen-bond acceptors (Lipinski definition) is 13. The summed E-state index contributed by atoms with van der Waals surface area (Å²) in [7, 11) is 0. The summed E-state index contributed by atoms with van der Waals surface area (Å²) in [6, 6.07) is 2.48. The van der Waals surface area contributed by atoms with Crippen LogP contribution >= 0.6 is 34.4 Å². The Labute approximate surface area is 277 Å². The molecule has 0 aliphatic carbocycles. The third kappa shape index (κ3) is 7.16. The maximum Gasteiger partial charge on any atom is 0.355 e. The molecule has 2 aliphatic rings. The first kappa shape index (κ1) is 33.2. The van der Waals surface area contributed by atoms with E-state index >= 15 is 0 Å². The van der Waals surface area contributed by atoms with Crippen LogP contribution in [-0.2, 0) is 30.6 Å². The summed E-state index contributed by atoms with van der Waals surface area (Å²) in [4.78, 5) is 75.6. The van der Waals surface area contributed by atoms with E-state index < -0.39 is 52.5 Å². The first-order chi connectivity index (χ1) is 22.2. The summed E-state index contributed by atoms with van der Waals surface area (Å²) in [5, 5.41) is 37.5. The van der Waals surface area contributed by atoms with Crippen LogP contribution in [0.15, 0.2) is 51.7 Å². The highest BCUT2D eigenvalue weighted by Gasteiger charge is 2.55. The Morgan fingerprint density at radius 3 is 2.40 bits per heavy atom. The first-order valence-corrected chi connectivity index (χ1v) is 16.3. The number of carboxylic acids is 3. The number of carboxylic acid groups (broad SMARTS) is 3. The van der Waals surface area contributed by atoms with Crippen molar-refractivity contribution in [2.45, 2.75) is 37.4 Å². The average Bonchev–Trinajstić information content (AvgIpc) is 3.68. The third-order valence-corrected chi connectivity index (χ3v) is 9.67. The number of anilines is 1. The van der Waals surface area contributed by atoms with Gasteiger partial charge in [-0.1, -0.05) is 11.2 Å². The van der Waals surface area contributed by atoms with Gasteiger partial charge in [0.2, 0.25) is 5.60 Å². The maximum atomic E-state index is 13.3. The van der Waals surface area contributed by atoms with Gasteiger partial charge in [-0.15, -0.1) is 34.4 Å². The van der Waals surface area contributed by atoms with E-state index in [9.17, 15) is 34.2 Å². The molecule has 0 saturated carbocycles. The number of thioether (sulfide) groups is 1. The summed E-state index contributed by atoms with van der Waals surface area (Å²) >= 11 is 3.49. The number of hydrogen-bond donors (Lipinski definition) is 5. The van der Waals surface area contributed by atoms with Crippen LogP contribution in [0.5, 0.6) is 0 Å². The Kier molecular flexibility index (Phi) is 9.40. The Bertz CT molecular complexity index is 1860. The number of carbonyl (C=O) groups excluding carboxylic acids is 2. The molecule has 5 heterocycles. The number of aromatic nitrogens is 3. The van der Waals surface area contributed by atoms with Gasteiger partial charge in [-0.3, -0.25) is 14.5 Å². The minimum absolute atomic E-state index is 0.00793. The molecular weight excluding hydrogens is 675 g/mol. The molecule has 2 atom stereocenters. The van der Waals surface area contributed by atoms with Gasteiger partial charge in [0.15, 0.2) is 35.5 Å². The topological polar surface area (TPSA) is 239 Å². The van der Waals surface area contributed by atoms with Crippen molar-refractivity contribution in [3.05, 3.63) is 68.5 Å². The second-order valence-electron chi connectivity index (χ2n) is 10.5. The van der Waals surface area contributed by atoms with E-state index in [1.165, 1.54) is 47.7 Å². The predicted octanol–water partition coefficient (Wildman–Crippen LogP) is 1.36. The van der Waals surface area contributed by atoms with Gasteiger partial charge in [0.1, 0.15) is 27.8 Å². The number of nitrogens with two attached hydrogens (primary N) is 1. The normalized spacial score (nSPS) is 18.1. The second-order valence-corrected chi connectivity index (χ2v) is 13.4. The number of aromatic carboxylic acids is 1. The fraction of sp³-hybridized carbons (Fsp3) is 0.250. The molecule has 16 nitrogen and oxygen atoms in total. The lowest BCUT2D eigenvalue weighted by molar-refractivity contribution is -0.689. The van der Waals surface area contributed by atoms with Gasteiger partial charge in [0, 0.05) is 34.2 Å². The second kappa shape index (κ2) is 13.3. The van der Waals surface area contributed by atoms with E-state index in [1.807, 2.05) is 0 Å². The summed E-state index contributed by atoms with van der Waals surface area (Å²) in [6.45, 7) is 2.65. The van der Waals surface area contributed by atoms with Gasteiger partial charge < -0.3 is 31.2 Å². The summed E-state index contributed by atoms with van der Waals surface area (Å²) < 4.78 is 1.76. The van der Waals surface area contributed by atoms with E-state index in [1.54, 1.807) is 41.2 Å². The van der Waals surface area contributed by atoms with Crippen molar-refractivity contribution in [1.82, 2.24) is 20.2 Å². The molecule has 3 aromatic rings. The summed E-state index contributed by atoms with van der Waals surface area (Å²) in [5.41, 5.74) is 4.60. The van der Waals surface area contributed by atoms with Crippen molar-refractivity contribution >= 4 is 87.2 Å². The highest BCUT2D eigenvalue weighted by molar-refractivity contribution is 8.00. The van der Waals surface area contributed by atoms with Crippen LogP contribution in [0.1, 0.15) is 40.6 Å². The molecule has 5 rings (SSSR count). The number of carbonyl (C=O) groups is 5. The van der Waals surface area contributed by atoms with Crippen LogP contribution in [0, 0.1) is 0 Å². The minimum atomic E-state index is -1.78. The van der Waals surface area contributed by atoms with Crippen molar-refractivity contribution in [1.29, 1.82) is 0 Å². The zero-order valence-corrected chi connectivity index (χ0v) is 27.0. The van der Waals surface area contributed by atoms with Crippen molar-refractivity contribution in [3.8, 4) is 0 Å². The average molecular weight is 701 g/mol. The quantitative estimate of drug-likeness (QED) is 0.0777. The number of nitrogens with one attached hydrogen (secondary N) is 1. The molecule has 0 unspecified atom stereocenters. The SMILES string of the molecule is CC(C)(O/N=C(\C(=O)N[C@@H]1C(=O)N2C(C(=O)O)=C(C[n+]3ccc(/C=C/c4nc(C(=O)O)cs4)cc3)CS[C@H]12)c1csc(N)n1)C(=O)O. The molecular formula is C28H26N7O9S3+. The fourth-order valence-corrected chi connectivity index (χ4v) is 6.92. The Morgan fingerprint density at radius 2 is 1.81 bits per heavy atom. The van der Waals surface area contributed by atoms with Crippen LogP contribution in [0.4, 0.5) is 5.13 Å².